The second-order valence-corrected chi connectivity index (χ2v) is 10.3. The Balaban J connectivity index is 0.000000493. The summed E-state index contributed by atoms with van der Waals surface area (Å²) in [5, 5.41) is 7.12. The van der Waals surface area contributed by atoms with E-state index in [2.05, 4.69) is 4.90 Å². The number of aliphatic carboxylic acids is 1. The second kappa shape index (κ2) is 11.1. The van der Waals surface area contributed by atoms with Crippen LogP contribution in [0.25, 0.3) is 11.1 Å². The Bertz CT molecular complexity index is 1370. The fourth-order valence-electron chi connectivity index (χ4n) is 6.27. The lowest BCUT2D eigenvalue weighted by Gasteiger charge is -2.44. The molecule has 2 aromatic carbocycles. The van der Waals surface area contributed by atoms with Gasteiger partial charge in [-0.15, -0.1) is 0 Å². The molecule has 9 nitrogen and oxygen atoms in total. The number of carbonyl (C=O) groups excluding carboxylic acids is 4. The minimum Gasteiger partial charge on any atom is -0.475 e. The van der Waals surface area contributed by atoms with E-state index in [4.69, 9.17) is 14.6 Å². The predicted molar refractivity (Wildman–Crippen MR) is 138 cm³/mol. The van der Waals surface area contributed by atoms with Crippen LogP contribution in [0.1, 0.15) is 48.1 Å². The van der Waals surface area contributed by atoms with E-state index in [1.54, 1.807) is 6.92 Å². The molecule has 4 atom stereocenters. The van der Waals surface area contributed by atoms with Gasteiger partial charge in [0.25, 0.3) is 0 Å². The van der Waals surface area contributed by atoms with Crippen molar-refractivity contribution in [3.63, 3.8) is 0 Å². The lowest BCUT2D eigenvalue weighted by molar-refractivity contribution is -0.192. The first kappa shape index (κ1) is 29.9. The summed E-state index contributed by atoms with van der Waals surface area (Å²) in [6.45, 7) is 2.17. The van der Waals surface area contributed by atoms with Crippen molar-refractivity contribution in [1.82, 2.24) is 9.80 Å². The van der Waals surface area contributed by atoms with Crippen molar-refractivity contribution in [2.45, 2.75) is 43.9 Å². The summed E-state index contributed by atoms with van der Waals surface area (Å²) in [5.74, 6) is -5.04. The van der Waals surface area contributed by atoms with E-state index in [-0.39, 0.29) is 23.6 Å². The summed E-state index contributed by atoms with van der Waals surface area (Å²) in [6, 6.07) is 15.0. The number of nitrogens with zero attached hydrogens (tertiary/aromatic N) is 2. The third kappa shape index (κ3) is 5.12. The number of halogens is 3. The molecule has 0 saturated carbocycles. The number of likely N-dealkylation sites (tertiary alicyclic amines) is 1. The lowest BCUT2D eigenvalue weighted by Crippen LogP contribution is -2.59. The maximum absolute atomic E-state index is 13.3. The van der Waals surface area contributed by atoms with Crippen LogP contribution in [0, 0.1) is 11.8 Å². The van der Waals surface area contributed by atoms with E-state index >= 15 is 0 Å². The van der Waals surface area contributed by atoms with Crippen LogP contribution in [0.2, 0.25) is 0 Å². The highest BCUT2D eigenvalue weighted by Gasteiger charge is 2.72. The standard InChI is InChI=1S/C27H28N2O5.C2HF3O2/c1-16(30)17-6-8-18(9-7-17)19-10-12-20(13-11-19)23-21-22(25(32)28(2)24(21)31)27(26(33)34-3)14-4-5-15-29(23)27;3-2(4,5)1(6)7/h6-13,21-23H,4-5,14-15H2,1-3H3;(H,6,7)/t21-,22-,23+,27-;/m0./s1. The number of carbonyl (C=O) groups is 5. The molecule has 3 aliphatic heterocycles. The predicted octanol–water partition coefficient (Wildman–Crippen LogP) is 3.87. The van der Waals surface area contributed by atoms with Gasteiger partial charge in [0, 0.05) is 18.7 Å². The average molecular weight is 575 g/mol. The van der Waals surface area contributed by atoms with Crippen LogP contribution in [-0.2, 0) is 23.9 Å². The number of amides is 2. The number of Topliss-reactive ketones (excluding diaryl/α,β-unsaturated/α-hetero) is 1. The third-order valence-corrected chi connectivity index (χ3v) is 8.14. The lowest BCUT2D eigenvalue weighted by atomic mass is 9.75. The number of fused-ring (bicyclic) bond motifs is 3. The Morgan fingerprint density at radius 3 is 1.98 bits per heavy atom. The number of carboxylic acids is 1. The van der Waals surface area contributed by atoms with Gasteiger partial charge in [-0.05, 0) is 49.4 Å². The largest absolute Gasteiger partial charge is 0.490 e. The van der Waals surface area contributed by atoms with Crippen LogP contribution in [0.5, 0.6) is 0 Å². The summed E-state index contributed by atoms with van der Waals surface area (Å²) in [5.41, 5.74) is 2.42. The number of hydrogen-bond acceptors (Lipinski definition) is 7. The van der Waals surface area contributed by atoms with Crippen molar-refractivity contribution < 1.29 is 47.0 Å². The SMILES string of the molecule is COC(=O)[C@@]12CCCCN1[C@H](c1ccc(-c3ccc(C(C)=O)cc3)cc1)[C@H]1C(=O)N(C)C(=O)[C@H]12.O=C(O)C(F)(F)F. The van der Waals surface area contributed by atoms with Crippen LogP contribution >= 0.6 is 0 Å². The van der Waals surface area contributed by atoms with E-state index in [0.717, 1.165) is 29.5 Å². The van der Waals surface area contributed by atoms with Gasteiger partial charge < -0.3 is 9.84 Å². The molecule has 2 aromatic rings. The molecule has 0 spiro atoms. The quantitative estimate of drug-likeness (QED) is 0.332. The topological polar surface area (TPSA) is 121 Å². The summed E-state index contributed by atoms with van der Waals surface area (Å²) < 4.78 is 37.0. The zero-order chi connectivity index (χ0) is 30.3. The van der Waals surface area contributed by atoms with Gasteiger partial charge in [0.2, 0.25) is 11.8 Å². The zero-order valence-corrected chi connectivity index (χ0v) is 22.6. The molecule has 1 N–H and O–H groups in total. The molecular weight excluding hydrogens is 545 g/mol. The molecule has 0 aromatic heterocycles. The van der Waals surface area contributed by atoms with E-state index in [0.29, 0.717) is 18.5 Å². The van der Waals surface area contributed by atoms with Gasteiger partial charge in [0.15, 0.2) is 5.78 Å². The van der Waals surface area contributed by atoms with Gasteiger partial charge in [-0.2, -0.15) is 13.2 Å². The molecule has 0 bridgehead atoms. The van der Waals surface area contributed by atoms with E-state index in [1.807, 2.05) is 48.5 Å². The molecule has 0 radical (unpaired) electrons. The second-order valence-electron chi connectivity index (χ2n) is 10.3. The number of imide groups is 1. The van der Waals surface area contributed by atoms with Gasteiger partial charge >= 0.3 is 18.1 Å². The van der Waals surface area contributed by atoms with Crippen LogP contribution < -0.4 is 0 Å². The van der Waals surface area contributed by atoms with Crippen molar-refractivity contribution in [2.24, 2.45) is 11.8 Å². The third-order valence-electron chi connectivity index (χ3n) is 8.14. The van der Waals surface area contributed by atoms with Gasteiger partial charge in [-0.3, -0.25) is 29.0 Å². The molecule has 3 fully saturated rings. The van der Waals surface area contributed by atoms with Gasteiger partial charge in [0.05, 0.1) is 18.9 Å². The first-order valence-corrected chi connectivity index (χ1v) is 12.9. The number of ether oxygens (including phenoxy) is 1. The molecule has 0 unspecified atom stereocenters. The monoisotopic (exact) mass is 574 g/mol. The molecule has 3 saturated heterocycles. The summed E-state index contributed by atoms with van der Waals surface area (Å²) in [7, 11) is 2.86. The highest BCUT2D eigenvalue weighted by atomic mass is 19.4. The van der Waals surface area contributed by atoms with Crippen LogP contribution in [0.15, 0.2) is 48.5 Å². The number of benzene rings is 2. The molecule has 41 heavy (non-hydrogen) atoms. The highest BCUT2D eigenvalue weighted by molar-refractivity contribution is 6.09. The van der Waals surface area contributed by atoms with E-state index < -0.39 is 35.5 Å². The number of methoxy groups -OCH3 is 1. The van der Waals surface area contributed by atoms with Crippen molar-refractivity contribution in [3.05, 3.63) is 59.7 Å². The summed E-state index contributed by atoms with van der Waals surface area (Å²) in [4.78, 5) is 63.4. The van der Waals surface area contributed by atoms with Crippen LogP contribution in [-0.4, -0.2) is 76.9 Å². The molecule has 0 aliphatic carbocycles. The van der Waals surface area contributed by atoms with Crippen LogP contribution in [0.3, 0.4) is 0 Å². The van der Waals surface area contributed by atoms with Crippen molar-refractivity contribution in [2.75, 3.05) is 20.7 Å². The molecule has 218 valence electrons. The molecule has 2 amide bonds. The Kier molecular flexibility index (Phi) is 8.08. The first-order chi connectivity index (χ1) is 19.2. The fraction of sp³-hybridized carbons (Fsp3) is 0.414. The number of rotatable bonds is 4. The van der Waals surface area contributed by atoms with E-state index in [1.165, 1.54) is 19.1 Å². The molecule has 3 heterocycles. The maximum Gasteiger partial charge on any atom is 0.490 e. The van der Waals surface area contributed by atoms with E-state index in [9.17, 15) is 32.3 Å². The minimum absolute atomic E-state index is 0.0223. The van der Waals surface area contributed by atoms with Crippen molar-refractivity contribution in [3.8, 4) is 11.1 Å². The Morgan fingerprint density at radius 2 is 1.49 bits per heavy atom. The molecule has 3 aliphatic rings. The first-order valence-electron chi connectivity index (χ1n) is 12.9. The average Bonchev–Trinajstić information content (AvgIpc) is 3.38. The fourth-order valence-corrected chi connectivity index (χ4v) is 6.27. The maximum atomic E-state index is 13.3. The molecule has 5 rings (SSSR count). The summed E-state index contributed by atoms with van der Waals surface area (Å²) in [6.07, 6.45) is -2.87. The number of ketones is 1. The van der Waals surface area contributed by atoms with Gasteiger partial charge in [-0.1, -0.05) is 48.5 Å². The zero-order valence-electron chi connectivity index (χ0n) is 22.6. The van der Waals surface area contributed by atoms with Crippen molar-refractivity contribution in [1.29, 1.82) is 0 Å². The van der Waals surface area contributed by atoms with Crippen molar-refractivity contribution >= 4 is 29.5 Å². The Hall–Kier alpha value is -4.06. The smallest absolute Gasteiger partial charge is 0.475 e. The summed E-state index contributed by atoms with van der Waals surface area (Å²) >= 11 is 0. The van der Waals surface area contributed by atoms with Gasteiger partial charge in [-0.25, -0.2) is 4.79 Å². The minimum atomic E-state index is -5.08. The molecule has 12 heteroatoms. The van der Waals surface area contributed by atoms with Crippen LogP contribution in [0.4, 0.5) is 13.2 Å². The highest BCUT2D eigenvalue weighted by Crippen LogP contribution is 2.58. The number of hydrogen-bond donors (Lipinski definition) is 1. The Morgan fingerprint density at radius 1 is 0.951 bits per heavy atom. The van der Waals surface area contributed by atoms with Gasteiger partial charge in [0.1, 0.15) is 5.54 Å². The number of piperidine rings is 1. The Labute approximate surface area is 233 Å². The molecular formula is C29H29F3N2O7. The number of esters is 1. The number of carboxylic acid groups (broad SMARTS) is 1. The normalized spacial score (nSPS) is 25.6. The number of alkyl halides is 3.